The molecule has 0 aromatic carbocycles. The summed E-state index contributed by atoms with van der Waals surface area (Å²) in [7, 11) is 0. The molecule has 0 aromatic rings. The molecule has 0 bridgehead atoms. The molecule has 1 N–H and O–H groups in total. The van der Waals surface area contributed by atoms with Gasteiger partial charge in [0.25, 0.3) is 0 Å². The van der Waals surface area contributed by atoms with Crippen LogP contribution in [0.2, 0.25) is 0 Å². The summed E-state index contributed by atoms with van der Waals surface area (Å²) in [6.07, 6.45) is 6.02. The molecule has 2 heteroatoms. The van der Waals surface area contributed by atoms with Gasteiger partial charge in [-0.1, -0.05) is 0 Å². The number of carbonyl (C=O) groups is 1. The number of rotatable bonds is 1. The van der Waals surface area contributed by atoms with Gasteiger partial charge in [-0.15, -0.1) is 0 Å². The average Bonchev–Trinajstić information content (AvgIpc) is 2.04. The molecule has 3 aliphatic carbocycles. The summed E-state index contributed by atoms with van der Waals surface area (Å²) < 4.78 is 0. The fraction of sp³-hybridized carbons (Fsp3) is 0.889. The van der Waals surface area contributed by atoms with Crippen LogP contribution in [0.4, 0.5) is 0 Å². The second-order valence-corrected chi connectivity index (χ2v) is 4.53. The summed E-state index contributed by atoms with van der Waals surface area (Å²) in [5, 5.41) is 8.87. The van der Waals surface area contributed by atoms with E-state index in [1.54, 1.807) is 0 Å². The summed E-state index contributed by atoms with van der Waals surface area (Å²) in [4.78, 5) is 10.8. The minimum Gasteiger partial charge on any atom is -0.481 e. The van der Waals surface area contributed by atoms with Crippen LogP contribution in [0.1, 0.15) is 32.1 Å². The molecule has 0 heterocycles. The third kappa shape index (κ3) is 0.376. The van der Waals surface area contributed by atoms with Crippen LogP contribution in [-0.4, -0.2) is 11.1 Å². The van der Waals surface area contributed by atoms with Crippen LogP contribution in [0, 0.1) is 16.7 Å². The molecule has 3 rings (SSSR count). The van der Waals surface area contributed by atoms with Crippen LogP contribution in [-0.2, 0) is 4.79 Å². The van der Waals surface area contributed by atoms with E-state index in [2.05, 4.69) is 0 Å². The first-order chi connectivity index (χ1) is 5.20. The first-order valence-electron chi connectivity index (χ1n) is 4.43. The molecule has 3 aliphatic rings. The highest BCUT2D eigenvalue weighted by Crippen LogP contribution is 2.83. The van der Waals surface area contributed by atoms with Gasteiger partial charge in [-0.2, -0.15) is 0 Å². The Labute approximate surface area is 65.6 Å². The van der Waals surface area contributed by atoms with Crippen LogP contribution >= 0.6 is 0 Å². The summed E-state index contributed by atoms with van der Waals surface area (Å²) in [5.74, 6) is -0.509. The number of carboxylic acid groups (broad SMARTS) is 1. The average molecular weight is 152 g/mol. The Morgan fingerprint density at radius 2 is 1.91 bits per heavy atom. The van der Waals surface area contributed by atoms with E-state index in [4.69, 9.17) is 5.11 Å². The van der Waals surface area contributed by atoms with Gasteiger partial charge in [0.05, 0.1) is 5.92 Å². The zero-order valence-corrected chi connectivity index (χ0v) is 6.47. The summed E-state index contributed by atoms with van der Waals surface area (Å²) in [6.45, 7) is 0. The third-order valence-electron chi connectivity index (χ3n) is 4.72. The van der Waals surface area contributed by atoms with Crippen molar-refractivity contribution in [2.24, 2.45) is 16.7 Å². The van der Waals surface area contributed by atoms with Gasteiger partial charge in [-0.25, -0.2) is 0 Å². The highest BCUT2D eigenvalue weighted by Gasteiger charge is 2.77. The molecular weight excluding hydrogens is 140 g/mol. The Kier molecular flexibility index (Phi) is 0.739. The van der Waals surface area contributed by atoms with E-state index in [0.29, 0.717) is 10.8 Å². The lowest BCUT2D eigenvalue weighted by molar-refractivity contribution is -0.304. The van der Waals surface area contributed by atoms with Gasteiger partial charge in [0.15, 0.2) is 0 Å². The quantitative estimate of drug-likeness (QED) is 0.620. The van der Waals surface area contributed by atoms with E-state index < -0.39 is 5.97 Å². The summed E-state index contributed by atoms with van der Waals surface area (Å²) in [6, 6.07) is 0. The SMILES string of the molecule is O=C(O)C1CC23CCC12CC3. The molecule has 60 valence electrons. The molecule has 0 spiro atoms. The number of carboxylic acids is 1. The van der Waals surface area contributed by atoms with E-state index in [1.165, 1.54) is 25.7 Å². The van der Waals surface area contributed by atoms with E-state index in [0.717, 1.165) is 6.42 Å². The molecule has 0 saturated heterocycles. The minimum absolute atomic E-state index is 0.0324. The largest absolute Gasteiger partial charge is 0.481 e. The van der Waals surface area contributed by atoms with E-state index in [1.807, 2.05) is 0 Å². The van der Waals surface area contributed by atoms with Crippen molar-refractivity contribution in [3.63, 3.8) is 0 Å². The fourth-order valence-electron chi connectivity index (χ4n) is 3.75. The maximum absolute atomic E-state index is 10.8. The van der Waals surface area contributed by atoms with Gasteiger partial charge in [0, 0.05) is 0 Å². The Morgan fingerprint density at radius 1 is 1.27 bits per heavy atom. The smallest absolute Gasteiger partial charge is 0.307 e. The molecule has 11 heavy (non-hydrogen) atoms. The van der Waals surface area contributed by atoms with Crippen molar-refractivity contribution in [1.29, 1.82) is 0 Å². The Hall–Kier alpha value is -0.530. The molecule has 0 aromatic heterocycles. The first kappa shape index (κ1) is 6.04. The zero-order valence-electron chi connectivity index (χ0n) is 6.47. The Bertz CT molecular complexity index is 236. The van der Waals surface area contributed by atoms with Gasteiger partial charge in [0.1, 0.15) is 0 Å². The van der Waals surface area contributed by atoms with Crippen LogP contribution < -0.4 is 0 Å². The van der Waals surface area contributed by atoms with Crippen molar-refractivity contribution in [2.75, 3.05) is 0 Å². The molecular formula is C9H12O2. The highest BCUT2D eigenvalue weighted by atomic mass is 16.4. The second-order valence-electron chi connectivity index (χ2n) is 4.53. The van der Waals surface area contributed by atoms with Gasteiger partial charge in [-0.05, 0) is 42.9 Å². The highest BCUT2D eigenvalue weighted by molar-refractivity contribution is 5.74. The lowest BCUT2D eigenvalue weighted by atomic mass is 9.24. The van der Waals surface area contributed by atoms with Crippen LogP contribution in [0.3, 0.4) is 0 Å². The third-order valence-corrected chi connectivity index (χ3v) is 4.72. The normalized spacial score (nSPS) is 57.6. The lowest BCUT2D eigenvalue weighted by Gasteiger charge is -2.79. The van der Waals surface area contributed by atoms with Crippen LogP contribution in [0.15, 0.2) is 0 Å². The minimum atomic E-state index is -0.542. The van der Waals surface area contributed by atoms with Crippen LogP contribution in [0.25, 0.3) is 0 Å². The maximum Gasteiger partial charge on any atom is 0.307 e. The number of aliphatic carboxylic acids is 1. The molecule has 3 saturated carbocycles. The second kappa shape index (κ2) is 1.35. The lowest BCUT2D eigenvalue weighted by Crippen LogP contribution is -2.73. The molecule has 3 fully saturated rings. The molecule has 0 aliphatic heterocycles. The van der Waals surface area contributed by atoms with Gasteiger partial charge < -0.3 is 5.11 Å². The molecule has 0 amide bonds. The van der Waals surface area contributed by atoms with Gasteiger partial charge in [0.2, 0.25) is 0 Å². The predicted molar refractivity (Wildman–Crippen MR) is 39.1 cm³/mol. The standard InChI is InChI=1S/C9H12O2/c10-7(11)6-5-8-1-3-9(6,8)4-2-8/h6H,1-5H2,(H,10,11). The van der Waals surface area contributed by atoms with E-state index in [-0.39, 0.29) is 5.92 Å². The van der Waals surface area contributed by atoms with E-state index in [9.17, 15) is 4.79 Å². The molecule has 2 nitrogen and oxygen atoms in total. The summed E-state index contributed by atoms with van der Waals surface area (Å²) in [5.41, 5.74) is 0.870. The van der Waals surface area contributed by atoms with Crippen molar-refractivity contribution >= 4 is 5.97 Å². The van der Waals surface area contributed by atoms with Gasteiger partial charge >= 0.3 is 5.97 Å². The van der Waals surface area contributed by atoms with Crippen LogP contribution in [0.5, 0.6) is 0 Å². The Balaban J connectivity index is 1.91. The summed E-state index contributed by atoms with van der Waals surface area (Å²) >= 11 is 0. The van der Waals surface area contributed by atoms with Crippen molar-refractivity contribution in [3.8, 4) is 0 Å². The van der Waals surface area contributed by atoms with Gasteiger partial charge in [-0.3, -0.25) is 4.79 Å². The van der Waals surface area contributed by atoms with Crippen molar-refractivity contribution in [3.05, 3.63) is 0 Å². The topological polar surface area (TPSA) is 37.3 Å². The van der Waals surface area contributed by atoms with Crippen molar-refractivity contribution in [1.82, 2.24) is 0 Å². The zero-order chi connectivity index (χ0) is 7.69. The molecule has 1 unspecified atom stereocenters. The Morgan fingerprint density at radius 3 is 2.00 bits per heavy atom. The van der Waals surface area contributed by atoms with Crippen molar-refractivity contribution < 1.29 is 9.90 Å². The maximum atomic E-state index is 10.8. The molecule has 0 radical (unpaired) electrons. The number of hydrogen-bond acceptors (Lipinski definition) is 1. The molecule has 1 atom stereocenters. The van der Waals surface area contributed by atoms with Crippen molar-refractivity contribution in [2.45, 2.75) is 32.1 Å². The fourth-order valence-corrected chi connectivity index (χ4v) is 3.75. The first-order valence-corrected chi connectivity index (χ1v) is 4.43. The monoisotopic (exact) mass is 152 g/mol. The van der Waals surface area contributed by atoms with E-state index >= 15 is 0 Å². The number of hydrogen-bond donors (Lipinski definition) is 1. The predicted octanol–water partition coefficient (Wildman–Crippen LogP) is 1.65.